The van der Waals surface area contributed by atoms with Gasteiger partial charge in [-0.1, -0.05) is 0 Å². The molecule has 0 saturated heterocycles. The van der Waals surface area contributed by atoms with Crippen LogP contribution < -0.4 is 9.47 Å². The summed E-state index contributed by atoms with van der Waals surface area (Å²) in [4.78, 5) is 0. The van der Waals surface area contributed by atoms with Crippen molar-refractivity contribution in [2.24, 2.45) is 0 Å². The van der Waals surface area contributed by atoms with Gasteiger partial charge in [-0.25, -0.2) is 0 Å². The van der Waals surface area contributed by atoms with E-state index in [4.69, 9.17) is 9.47 Å². The Hall–Kier alpha value is -1.95. The molecule has 2 aromatic carbocycles. The molecule has 0 bridgehead atoms. The third-order valence-corrected chi connectivity index (χ3v) is 11.8. The summed E-state index contributed by atoms with van der Waals surface area (Å²) >= 11 is -4.27. The Labute approximate surface area is 233 Å². The molecule has 0 spiro atoms. The number of rotatable bonds is 9. The van der Waals surface area contributed by atoms with Crippen molar-refractivity contribution in [1.82, 2.24) is 0 Å². The average molecular weight is 724 g/mol. The standard InChI is InChI=1S/C24H26F9IO5S/c1-19(2,3)37-17-11-7-15(8-12-17)34(16-9-13-18(14-10-16)38-20(4,5)6)39-40(35,36)24(32,33)22(27,28)21(25,26)23(29,30)31/h7-14H,1-6H3. The number of hydrogen-bond donors (Lipinski definition) is 0. The average Bonchev–Trinajstić information content (AvgIpc) is 2.75. The number of halogens is 10. The zero-order valence-electron chi connectivity index (χ0n) is 21.8. The maximum absolute atomic E-state index is 14.4. The molecule has 0 aliphatic carbocycles. The van der Waals surface area contributed by atoms with Crippen LogP contribution >= 0.6 is 20.2 Å². The Balaban J connectivity index is 2.60. The summed E-state index contributed by atoms with van der Waals surface area (Å²) in [5.41, 5.74) is -1.36. The van der Waals surface area contributed by atoms with Crippen molar-refractivity contribution in [1.29, 1.82) is 0 Å². The van der Waals surface area contributed by atoms with E-state index in [9.17, 15) is 47.9 Å². The van der Waals surface area contributed by atoms with Crippen LogP contribution in [0.25, 0.3) is 0 Å². The monoisotopic (exact) mass is 724 g/mol. The van der Waals surface area contributed by atoms with E-state index in [1.807, 2.05) is 0 Å². The van der Waals surface area contributed by atoms with Crippen LogP contribution in [0.5, 0.6) is 11.5 Å². The summed E-state index contributed by atoms with van der Waals surface area (Å²) in [5.74, 6) is -14.3. The van der Waals surface area contributed by atoms with Gasteiger partial charge < -0.3 is 0 Å². The zero-order valence-corrected chi connectivity index (χ0v) is 24.8. The quantitative estimate of drug-likeness (QED) is 0.193. The molecule has 0 aliphatic rings. The van der Waals surface area contributed by atoms with Crippen molar-refractivity contribution in [2.75, 3.05) is 0 Å². The molecule has 0 fully saturated rings. The number of alkyl halides is 9. The van der Waals surface area contributed by atoms with Crippen molar-refractivity contribution in [3.8, 4) is 11.5 Å². The van der Waals surface area contributed by atoms with E-state index in [1.54, 1.807) is 41.5 Å². The molecular weight excluding hydrogens is 698 g/mol. The van der Waals surface area contributed by atoms with Gasteiger partial charge in [0.15, 0.2) is 0 Å². The molecule has 0 heterocycles. The van der Waals surface area contributed by atoms with Crippen LogP contribution in [0, 0.1) is 7.14 Å². The second-order valence-corrected chi connectivity index (χ2v) is 16.8. The topological polar surface area (TPSA) is 61.8 Å². The predicted molar refractivity (Wildman–Crippen MR) is 136 cm³/mol. The minimum absolute atomic E-state index is 0.111. The Kier molecular flexibility index (Phi) is 9.45. The van der Waals surface area contributed by atoms with Crippen molar-refractivity contribution >= 4 is 30.4 Å². The maximum atomic E-state index is 14.4. The molecule has 16 heteroatoms. The molecule has 5 nitrogen and oxygen atoms in total. The fourth-order valence-electron chi connectivity index (χ4n) is 2.78. The predicted octanol–water partition coefficient (Wildman–Crippen LogP) is 8.27. The molecule has 2 rings (SSSR count). The molecule has 2 aromatic rings. The van der Waals surface area contributed by atoms with E-state index in [2.05, 4.69) is 2.51 Å². The Bertz CT molecular complexity index is 1210. The van der Waals surface area contributed by atoms with Gasteiger partial charge in [0.2, 0.25) is 0 Å². The van der Waals surface area contributed by atoms with Crippen LogP contribution in [0.2, 0.25) is 0 Å². The first-order chi connectivity index (χ1) is 17.7. The number of hydrogen-bond acceptors (Lipinski definition) is 5. The van der Waals surface area contributed by atoms with Gasteiger partial charge in [0.05, 0.1) is 0 Å². The zero-order chi connectivity index (χ0) is 31.2. The molecule has 0 saturated carbocycles. The van der Waals surface area contributed by atoms with Gasteiger partial charge in [0, 0.05) is 0 Å². The normalized spacial score (nSPS) is 14.6. The van der Waals surface area contributed by atoms with E-state index in [0.29, 0.717) is 0 Å². The SMILES string of the molecule is CC(C)(C)Oc1ccc(I(OS(=O)(=O)C(F)(F)C(F)(F)C(F)(F)C(F)(F)F)c2ccc(OC(C)(C)C)cc2)cc1. The molecular formula is C24H26F9IO5S. The molecule has 0 radical (unpaired) electrons. The van der Waals surface area contributed by atoms with Gasteiger partial charge in [-0.05, 0) is 0 Å². The summed E-state index contributed by atoms with van der Waals surface area (Å²) in [6.07, 6.45) is -7.19. The summed E-state index contributed by atoms with van der Waals surface area (Å²) in [5, 5.41) is -6.97. The van der Waals surface area contributed by atoms with Crippen LogP contribution in [0.4, 0.5) is 39.5 Å². The Morgan fingerprint density at radius 1 is 0.575 bits per heavy atom. The number of ether oxygens (including phenoxy) is 2. The van der Waals surface area contributed by atoms with Crippen molar-refractivity contribution in [2.45, 2.75) is 76.0 Å². The van der Waals surface area contributed by atoms with Gasteiger partial charge >= 0.3 is 233 Å². The van der Waals surface area contributed by atoms with Gasteiger partial charge in [0.25, 0.3) is 0 Å². The molecule has 40 heavy (non-hydrogen) atoms. The van der Waals surface area contributed by atoms with E-state index in [0.717, 1.165) is 0 Å². The van der Waals surface area contributed by atoms with Crippen LogP contribution in [-0.2, 0) is 12.6 Å². The third-order valence-electron chi connectivity index (χ3n) is 4.45. The van der Waals surface area contributed by atoms with Crippen molar-refractivity contribution in [3.05, 3.63) is 55.7 Å². The van der Waals surface area contributed by atoms with E-state index in [-0.39, 0.29) is 18.6 Å². The van der Waals surface area contributed by atoms with Gasteiger partial charge in [-0.3, -0.25) is 0 Å². The molecule has 0 aliphatic heterocycles. The van der Waals surface area contributed by atoms with Gasteiger partial charge in [-0.2, -0.15) is 0 Å². The number of benzene rings is 2. The Morgan fingerprint density at radius 2 is 0.900 bits per heavy atom. The first kappa shape index (κ1) is 34.3. The minimum atomic E-state index is -7.41. The van der Waals surface area contributed by atoms with Crippen LogP contribution in [0.1, 0.15) is 41.5 Å². The Morgan fingerprint density at radius 3 is 1.18 bits per heavy atom. The first-order valence-electron chi connectivity index (χ1n) is 11.1. The van der Waals surface area contributed by atoms with E-state index >= 15 is 0 Å². The second kappa shape index (κ2) is 11.0. The van der Waals surface area contributed by atoms with Gasteiger partial charge in [-0.15, -0.1) is 0 Å². The third kappa shape index (κ3) is 7.46. The molecule has 0 aromatic heterocycles. The summed E-state index contributed by atoms with van der Waals surface area (Å²) in [6.45, 7) is 10.2. The second-order valence-electron chi connectivity index (χ2n) is 10.3. The summed E-state index contributed by atoms with van der Waals surface area (Å²) in [6, 6.07) is 9.91. The van der Waals surface area contributed by atoms with Gasteiger partial charge in [0.1, 0.15) is 0 Å². The van der Waals surface area contributed by atoms with E-state index in [1.165, 1.54) is 48.5 Å². The first-order valence-corrected chi connectivity index (χ1v) is 15.6. The fraction of sp³-hybridized carbons (Fsp3) is 0.500. The molecule has 0 unspecified atom stereocenters. The van der Waals surface area contributed by atoms with Crippen LogP contribution in [-0.4, -0.2) is 42.9 Å². The van der Waals surface area contributed by atoms with Crippen molar-refractivity contribution < 1.29 is 59.9 Å². The van der Waals surface area contributed by atoms with Crippen LogP contribution in [0.3, 0.4) is 0 Å². The van der Waals surface area contributed by atoms with E-state index < -0.39 is 64.8 Å². The summed E-state index contributed by atoms with van der Waals surface area (Å²) in [7, 11) is -7.09. The molecule has 0 amide bonds. The van der Waals surface area contributed by atoms with Crippen LogP contribution in [0.15, 0.2) is 48.5 Å². The molecule has 0 atom stereocenters. The fourth-order valence-corrected chi connectivity index (χ4v) is 9.70. The molecule has 228 valence electrons. The molecule has 0 N–H and O–H groups in total. The van der Waals surface area contributed by atoms with Crippen molar-refractivity contribution in [3.63, 3.8) is 0 Å². The summed E-state index contributed by atoms with van der Waals surface area (Å²) < 4.78 is 161.